The maximum atomic E-state index is 12.5. The van der Waals surface area contributed by atoms with E-state index in [-0.39, 0.29) is 12.2 Å². The number of fused-ring (bicyclic) bond motifs is 2. The molecular weight excluding hydrogens is 366 g/mol. The van der Waals surface area contributed by atoms with Crippen LogP contribution in [0.4, 0.5) is 0 Å². The summed E-state index contributed by atoms with van der Waals surface area (Å²) in [5, 5.41) is 12.1. The van der Waals surface area contributed by atoms with Crippen LogP contribution in [0.1, 0.15) is 55.8 Å². The Labute approximate surface area is 172 Å². The number of carboxylic acid groups (broad SMARTS) is 1. The highest BCUT2D eigenvalue weighted by Gasteiger charge is 2.47. The minimum atomic E-state index is -0.736. The number of hydrogen-bond donors (Lipinski definition) is 2. The summed E-state index contributed by atoms with van der Waals surface area (Å²) in [4.78, 5) is 23.0. The zero-order chi connectivity index (χ0) is 20.6. The van der Waals surface area contributed by atoms with Crippen molar-refractivity contribution in [2.24, 2.45) is 11.8 Å². The molecule has 0 aliphatic carbocycles. The van der Waals surface area contributed by atoms with Gasteiger partial charge in [-0.25, -0.2) is 0 Å². The van der Waals surface area contributed by atoms with Crippen molar-refractivity contribution in [2.45, 2.75) is 57.7 Å². The number of nitrogens with one attached hydrogen (secondary N) is 1. The SMILES string of the molecule is CC(=CNC[C@@H]1[C@H](C/C=C\CCCC(=O)O)[C@@H]2CC[C@H]1O2)C(=O)c1ccccc1. The fourth-order valence-corrected chi connectivity index (χ4v) is 4.45. The second-order valence-corrected chi connectivity index (χ2v) is 8.04. The number of hydrogen-bond acceptors (Lipinski definition) is 4. The van der Waals surface area contributed by atoms with Gasteiger partial charge in [0.15, 0.2) is 5.78 Å². The number of rotatable bonds is 11. The molecule has 2 N–H and O–H groups in total. The van der Waals surface area contributed by atoms with E-state index in [2.05, 4.69) is 17.5 Å². The van der Waals surface area contributed by atoms with E-state index < -0.39 is 5.97 Å². The van der Waals surface area contributed by atoms with Crippen LogP contribution in [0.25, 0.3) is 0 Å². The molecule has 5 nitrogen and oxygen atoms in total. The number of ketones is 1. The second kappa shape index (κ2) is 10.4. The lowest BCUT2D eigenvalue weighted by Gasteiger charge is -2.27. The molecule has 2 fully saturated rings. The number of aliphatic carboxylic acids is 1. The van der Waals surface area contributed by atoms with Crippen LogP contribution in [0.5, 0.6) is 0 Å². The zero-order valence-electron chi connectivity index (χ0n) is 17.0. The van der Waals surface area contributed by atoms with Crippen molar-refractivity contribution in [1.82, 2.24) is 5.32 Å². The second-order valence-electron chi connectivity index (χ2n) is 8.04. The molecule has 0 radical (unpaired) electrons. The first-order chi connectivity index (χ1) is 14.1. The Morgan fingerprint density at radius 1 is 1.14 bits per heavy atom. The average Bonchev–Trinajstić information content (AvgIpc) is 3.32. The highest BCUT2D eigenvalue weighted by Crippen LogP contribution is 2.44. The topological polar surface area (TPSA) is 75.6 Å². The molecule has 3 rings (SSSR count). The molecule has 2 aliphatic rings. The van der Waals surface area contributed by atoms with Gasteiger partial charge < -0.3 is 15.2 Å². The highest BCUT2D eigenvalue weighted by atomic mass is 16.5. The normalized spacial score (nSPS) is 26.2. The fourth-order valence-electron chi connectivity index (χ4n) is 4.45. The summed E-state index contributed by atoms with van der Waals surface area (Å²) >= 11 is 0. The molecule has 0 unspecified atom stereocenters. The number of carboxylic acids is 1. The van der Waals surface area contributed by atoms with E-state index in [0.717, 1.165) is 32.2 Å². The van der Waals surface area contributed by atoms with Crippen LogP contribution in [0.15, 0.2) is 54.3 Å². The largest absolute Gasteiger partial charge is 0.481 e. The molecule has 0 spiro atoms. The van der Waals surface area contributed by atoms with Gasteiger partial charge in [0.25, 0.3) is 0 Å². The Balaban J connectivity index is 1.49. The maximum Gasteiger partial charge on any atom is 0.303 e. The molecule has 2 bridgehead atoms. The van der Waals surface area contributed by atoms with Crippen LogP contribution in [0, 0.1) is 11.8 Å². The van der Waals surface area contributed by atoms with E-state index in [1.165, 1.54) is 0 Å². The van der Waals surface area contributed by atoms with Crippen LogP contribution < -0.4 is 5.32 Å². The third kappa shape index (κ3) is 5.80. The molecule has 2 saturated heterocycles. The van der Waals surface area contributed by atoms with Crippen molar-refractivity contribution < 1.29 is 19.4 Å². The van der Waals surface area contributed by atoms with Gasteiger partial charge in [-0.05, 0) is 44.9 Å². The Morgan fingerprint density at radius 3 is 2.59 bits per heavy atom. The summed E-state index contributed by atoms with van der Waals surface area (Å²) in [5.74, 6) is 0.229. The lowest BCUT2D eigenvalue weighted by Crippen LogP contribution is -2.34. The van der Waals surface area contributed by atoms with Crippen molar-refractivity contribution in [3.8, 4) is 0 Å². The van der Waals surface area contributed by atoms with E-state index in [1.807, 2.05) is 43.5 Å². The van der Waals surface area contributed by atoms with Crippen molar-refractivity contribution in [2.75, 3.05) is 6.54 Å². The lowest BCUT2D eigenvalue weighted by atomic mass is 9.77. The predicted octanol–water partition coefficient (Wildman–Crippen LogP) is 4.36. The molecule has 2 heterocycles. The van der Waals surface area contributed by atoms with Gasteiger partial charge in [0, 0.05) is 36.2 Å². The summed E-state index contributed by atoms with van der Waals surface area (Å²) in [6, 6.07) is 9.33. The third-order valence-electron chi connectivity index (χ3n) is 5.99. The first-order valence-corrected chi connectivity index (χ1v) is 10.6. The van der Waals surface area contributed by atoms with Gasteiger partial charge in [-0.3, -0.25) is 9.59 Å². The smallest absolute Gasteiger partial charge is 0.303 e. The van der Waals surface area contributed by atoms with Gasteiger partial charge in [-0.1, -0.05) is 42.5 Å². The average molecular weight is 398 g/mol. The number of carbonyl (C=O) groups excluding carboxylic acids is 1. The molecule has 0 amide bonds. The lowest BCUT2D eigenvalue weighted by molar-refractivity contribution is -0.137. The van der Waals surface area contributed by atoms with Crippen LogP contribution in [-0.2, 0) is 9.53 Å². The molecular formula is C24H31NO4. The molecule has 29 heavy (non-hydrogen) atoms. The van der Waals surface area contributed by atoms with E-state index in [4.69, 9.17) is 9.84 Å². The number of carbonyl (C=O) groups is 2. The van der Waals surface area contributed by atoms with E-state index in [1.54, 1.807) is 0 Å². The highest BCUT2D eigenvalue weighted by molar-refractivity contribution is 6.08. The molecule has 1 aromatic carbocycles. The van der Waals surface area contributed by atoms with Gasteiger partial charge in [0.2, 0.25) is 0 Å². The summed E-state index contributed by atoms with van der Waals surface area (Å²) in [6.45, 7) is 2.65. The Hall–Kier alpha value is -2.40. The minimum Gasteiger partial charge on any atom is -0.481 e. The number of benzene rings is 1. The number of Topliss-reactive ketones (excluding diaryl/α,β-unsaturated/α-hetero) is 1. The van der Waals surface area contributed by atoms with Crippen LogP contribution in [-0.4, -0.2) is 35.6 Å². The minimum absolute atomic E-state index is 0.0446. The molecule has 0 aromatic heterocycles. The van der Waals surface area contributed by atoms with E-state index >= 15 is 0 Å². The molecule has 2 aliphatic heterocycles. The van der Waals surface area contributed by atoms with Gasteiger partial charge in [-0.2, -0.15) is 0 Å². The van der Waals surface area contributed by atoms with E-state index in [9.17, 15) is 9.59 Å². The van der Waals surface area contributed by atoms with Crippen LogP contribution in [0.2, 0.25) is 0 Å². The van der Waals surface area contributed by atoms with Crippen LogP contribution in [0.3, 0.4) is 0 Å². The Bertz CT molecular complexity index is 755. The van der Waals surface area contributed by atoms with E-state index in [0.29, 0.717) is 41.6 Å². The summed E-state index contributed by atoms with van der Waals surface area (Å²) in [7, 11) is 0. The Morgan fingerprint density at radius 2 is 1.86 bits per heavy atom. The standard InChI is InChI=1S/C24H31NO4/c1-17(24(28)18-9-5-4-6-10-18)15-25-16-20-19(21-13-14-22(20)29-21)11-7-2-3-8-12-23(26)27/h2,4-7,9-10,15,19-22,25H,3,8,11-14,16H2,1H3,(H,26,27)/b7-2-,17-15?/t19-,20+,21-,22+/m0/s1. The maximum absolute atomic E-state index is 12.5. The quantitative estimate of drug-likeness (QED) is 0.251. The summed E-state index contributed by atoms with van der Waals surface area (Å²) in [5.41, 5.74) is 1.41. The molecule has 1 aromatic rings. The fraction of sp³-hybridized carbons (Fsp3) is 0.500. The molecule has 5 heteroatoms. The first kappa shape index (κ1) is 21.3. The first-order valence-electron chi connectivity index (χ1n) is 10.6. The monoisotopic (exact) mass is 397 g/mol. The van der Waals surface area contributed by atoms with Gasteiger partial charge in [-0.15, -0.1) is 0 Å². The molecule has 0 saturated carbocycles. The van der Waals surface area contributed by atoms with Crippen molar-refractivity contribution in [3.05, 3.63) is 59.8 Å². The molecule has 156 valence electrons. The predicted molar refractivity (Wildman–Crippen MR) is 113 cm³/mol. The Kier molecular flexibility index (Phi) is 7.64. The third-order valence-corrected chi connectivity index (χ3v) is 5.99. The summed E-state index contributed by atoms with van der Waals surface area (Å²) in [6.07, 6.45) is 11.7. The van der Waals surface area contributed by atoms with Gasteiger partial charge in [0.05, 0.1) is 12.2 Å². The number of allylic oxidation sites excluding steroid dienone is 3. The zero-order valence-corrected chi connectivity index (χ0v) is 17.0. The summed E-state index contributed by atoms with van der Waals surface area (Å²) < 4.78 is 6.14. The van der Waals surface area contributed by atoms with Crippen molar-refractivity contribution in [3.63, 3.8) is 0 Å². The van der Waals surface area contributed by atoms with Crippen molar-refractivity contribution in [1.29, 1.82) is 0 Å². The molecule has 4 atom stereocenters. The van der Waals surface area contributed by atoms with Gasteiger partial charge >= 0.3 is 5.97 Å². The van der Waals surface area contributed by atoms with Gasteiger partial charge in [0.1, 0.15) is 0 Å². The van der Waals surface area contributed by atoms with Crippen LogP contribution >= 0.6 is 0 Å². The number of unbranched alkanes of at least 4 members (excludes halogenated alkanes) is 1. The van der Waals surface area contributed by atoms with Crippen molar-refractivity contribution >= 4 is 11.8 Å². The number of ether oxygens (including phenoxy) is 1.